The van der Waals surface area contributed by atoms with E-state index in [9.17, 15) is 0 Å². The summed E-state index contributed by atoms with van der Waals surface area (Å²) in [7, 11) is 0. The number of rotatable bonds is 37. The third-order valence-electron chi connectivity index (χ3n) is 16.8. The van der Waals surface area contributed by atoms with Crippen molar-refractivity contribution in [1.29, 1.82) is 0 Å². The summed E-state index contributed by atoms with van der Waals surface area (Å²) in [5.74, 6) is 0. The van der Waals surface area contributed by atoms with Crippen molar-refractivity contribution in [3.8, 4) is 22.5 Å². The first-order valence-electron chi connectivity index (χ1n) is 31.2. The van der Waals surface area contributed by atoms with E-state index in [1.165, 1.54) is 283 Å². The van der Waals surface area contributed by atoms with Crippen molar-refractivity contribution < 1.29 is 0 Å². The second-order valence-electron chi connectivity index (χ2n) is 22.9. The number of benzene rings is 6. The van der Waals surface area contributed by atoms with Gasteiger partial charge in [-0.1, -0.05) is 287 Å². The van der Waals surface area contributed by atoms with E-state index in [4.69, 9.17) is 0 Å². The zero-order valence-electron chi connectivity index (χ0n) is 47.2. The first-order valence-corrected chi connectivity index (χ1v) is 32.8. The maximum absolute atomic E-state index is 3.79. The van der Waals surface area contributed by atoms with Gasteiger partial charge >= 0.3 is 0 Å². The fraction of sp³-hybridized carbons (Fsp3) is 0.500. The second-order valence-corrected chi connectivity index (χ2v) is 24.7. The van der Waals surface area contributed by atoms with Gasteiger partial charge in [-0.15, -0.1) is 0 Å². The molecule has 76 heavy (non-hydrogen) atoms. The maximum Gasteiger partial charge on any atom is 0.0543 e. The molecule has 2 aromatic heterocycles. The first-order chi connectivity index (χ1) is 37.5. The molecule has 0 spiro atoms. The van der Waals surface area contributed by atoms with Crippen molar-refractivity contribution in [2.45, 2.75) is 232 Å². The van der Waals surface area contributed by atoms with Crippen molar-refractivity contribution in [3.05, 3.63) is 141 Å². The molecule has 0 aliphatic heterocycles. The van der Waals surface area contributed by atoms with E-state index < -0.39 is 0 Å². The highest BCUT2D eigenvalue weighted by atomic mass is 79.9. The Morgan fingerprint density at radius 3 is 0.855 bits per heavy atom. The molecule has 406 valence electrons. The van der Waals surface area contributed by atoms with Crippen LogP contribution in [0, 0.1) is 0 Å². The average Bonchev–Trinajstić information content (AvgIpc) is 3.97. The zero-order valence-corrected chi connectivity index (χ0v) is 50.4. The Morgan fingerprint density at radius 1 is 0.263 bits per heavy atom. The summed E-state index contributed by atoms with van der Waals surface area (Å²) in [6.45, 7) is 4.61. The third-order valence-corrected chi connectivity index (χ3v) is 17.8. The number of aromatic nitrogens is 2. The van der Waals surface area contributed by atoms with Crippen molar-refractivity contribution in [2.24, 2.45) is 0 Å². The minimum atomic E-state index is 1.12. The monoisotopic (exact) mass is 1140 g/mol. The lowest BCUT2D eigenvalue weighted by molar-refractivity contribution is 0.529. The number of unbranched alkanes of at least 4 members (excludes halogenated alkanes) is 30. The fourth-order valence-corrected chi connectivity index (χ4v) is 13.0. The van der Waals surface area contributed by atoms with Crippen molar-refractivity contribution in [3.63, 3.8) is 0 Å². The van der Waals surface area contributed by atoms with Crippen LogP contribution >= 0.6 is 31.9 Å². The third kappa shape index (κ3) is 16.9. The van der Waals surface area contributed by atoms with Crippen LogP contribution < -0.4 is 0 Å². The lowest BCUT2D eigenvalue weighted by atomic mass is 10.0. The summed E-state index contributed by atoms with van der Waals surface area (Å²) in [5, 5.41) is 5.22. The molecule has 0 atom stereocenters. The lowest BCUT2D eigenvalue weighted by Crippen LogP contribution is -1.96. The first kappa shape index (κ1) is 58.0. The molecule has 6 aromatic carbocycles. The Kier molecular flexibility index (Phi) is 24.5. The molecule has 0 saturated carbocycles. The van der Waals surface area contributed by atoms with Crippen LogP contribution in [-0.4, -0.2) is 9.13 Å². The normalized spacial score (nSPS) is 11.9. The molecule has 0 radical (unpaired) electrons. The highest BCUT2D eigenvalue weighted by molar-refractivity contribution is 9.10. The minimum Gasteiger partial charge on any atom is -0.309 e. The second kappa shape index (κ2) is 32.1. The molecule has 0 bridgehead atoms. The number of halogens is 2. The highest BCUT2D eigenvalue weighted by Crippen LogP contribution is 2.38. The van der Waals surface area contributed by atoms with E-state index in [0.29, 0.717) is 0 Å². The number of hydrogen-bond donors (Lipinski definition) is 0. The number of fused-ring (bicyclic) bond motifs is 6. The smallest absolute Gasteiger partial charge is 0.0543 e. The summed E-state index contributed by atoms with van der Waals surface area (Å²) >= 11 is 7.58. The van der Waals surface area contributed by atoms with Gasteiger partial charge < -0.3 is 9.13 Å². The molecule has 0 amide bonds. The van der Waals surface area contributed by atoms with Gasteiger partial charge in [-0.25, -0.2) is 0 Å². The van der Waals surface area contributed by atoms with Crippen molar-refractivity contribution in [1.82, 2.24) is 9.13 Å². The van der Waals surface area contributed by atoms with E-state index in [2.05, 4.69) is 176 Å². The van der Waals surface area contributed by atoms with E-state index in [1.54, 1.807) is 0 Å². The SMILES string of the molecule is CCCCCCCCCCCCCCCCCCc1ccc2c3cc(Br)ccc3n(-c3ccc(-c4ccc(-n5c6ccc(Br)cc6c6ccc(CCCCCCCCCCCCCCCCCC)cc65)cc4)cc3)c2c1. The van der Waals surface area contributed by atoms with Crippen molar-refractivity contribution in [2.75, 3.05) is 0 Å². The van der Waals surface area contributed by atoms with Gasteiger partial charge in [0.05, 0.1) is 22.1 Å². The van der Waals surface area contributed by atoms with Gasteiger partial charge in [0.25, 0.3) is 0 Å². The van der Waals surface area contributed by atoms with Gasteiger partial charge in [-0.2, -0.15) is 0 Å². The minimum absolute atomic E-state index is 1.12. The topological polar surface area (TPSA) is 9.86 Å². The van der Waals surface area contributed by atoms with E-state index in [-0.39, 0.29) is 0 Å². The molecule has 2 heterocycles. The molecule has 2 nitrogen and oxygen atoms in total. The number of hydrogen-bond acceptors (Lipinski definition) is 0. The zero-order chi connectivity index (χ0) is 52.6. The van der Waals surface area contributed by atoms with Crippen LogP contribution in [0.25, 0.3) is 66.1 Å². The quantitative estimate of drug-likeness (QED) is 0.0344. The molecule has 4 heteroatoms. The summed E-state index contributed by atoms with van der Waals surface area (Å²) in [5.41, 5.74) is 12.9. The summed E-state index contributed by atoms with van der Waals surface area (Å²) < 4.78 is 7.21. The summed E-state index contributed by atoms with van der Waals surface area (Å²) in [6.07, 6.45) is 47.2. The lowest BCUT2D eigenvalue weighted by Gasteiger charge is -2.12. The molecule has 8 rings (SSSR count). The molecule has 0 N–H and O–H groups in total. The van der Waals surface area contributed by atoms with Crippen molar-refractivity contribution >= 4 is 75.5 Å². The Labute approximate surface area is 477 Å². The molecule has 0 saturated heterocycles. The Hall–Kier alpha value is -4.12. The molecule has 8 aromatic rings. The molecular weight excluding hydrogens is 1050 g/mol. The van der Waals surface area contributed by atoms with Gasteiger partial charge in [0.1, 0.15) is 0 Å². The largest absolute Gasteiger partial charge is 0.309 e. The average molecular weight is 1150 g/mol. The van der Waals surface area contributed by atoms with Gasteiger partial charge in [-0.05, 0) is 121 Å². The van der Waals surface area contributed by atoms with Crippen LogP contribution in [0.4, 0.5) is 0 Å². The van der Waals surface area contributed by atoms with Gasteiger partial charge in [0.2, 0.25) is 0 Å². The van der Waals surface area contributed by atoms with Crippen LogP contribution in [0.1, 0.15) is 230 Å². The van der Waals surface area contributed by atoms with E-state index in [1.807, 2.05) is 0 Å². The predicted molar refractivity (Wildman–Crippen MR) is 342 cm³/mol. The Morgan fingerprint density at radius 2 is 0.553 bits per heavy atom. The number of nitrogens with zero attached hydrogens (tertiary/aromatic N) is 2. The predicted octanol–water partition coefficient (Wildman–Crippen LogP) is 24.7. The summed E-state index contributed by atoms with van der Waals surface area (Å²) in [6, 6.07) is 46.5. The van der Waals surface area contributed by atoms with Crippen LogP contribution in [0.15, 0.2) is 130 Å². The van der Waals surface area contributed by atoms with Crippen LogP contribution in [-0.2, 0) is 12.8 Å². The molecule has 0 fully saturated rings. The number of aryl methyl sites for hydroxylation is 2. The molecule has 0 aliphatic carbocycles. The molecule has 0 aliphatic rings. The standard InChI is InChI=1S/C72H94Br2N2/c1-3-5-7-9-11-13-15-17-19-21-23-25-27-29-31-33-35-57-37-49-65-67-55-61(73)43-51-69(67)75(71(65)53-57)63-45-39-59(40-46-63)60-41-47-64(48-42-60)76-70-52-44-62(74)56-68(70)66-50-38-58(54-72(66)76)36-34-32-30-28-26-24-22-20-18-16-14-12-10-8-6-4-2/h37-56H,3-36H2,1-2H3. The van der Waals surface area contributed by atoms with Crippen LogP contribution in [0.2, 0.25) is 0 Å². The van der Waals surface area contributed by atoms with Crippen LogP contribution in [0.3, 0.4) is 0 Å². The summed E-state index contributed by atoms with van der Waals surface area (Å²) in [4.78, 5) is 0. The highest BCUT2D eigenvalue weighted by Gasteiger charge is 2.16. The fourth-order valence-electron chi connectivity index (χ4n) is 12.3. The molecular formula is C72H94Br2N2. The van der Waals surface area contributed by atoms with Gasteiger partial charge in [0.15, 0.2) is 0 Å². The van der Waals surface area contributed by atoms with Gasteiger partial charge in [-0.3, -0.25) is 0 Å². The Bertz CT molecular complexity index is 2730. The Balaban J connectivity index is 0.845. The van der Waals surface area contributed by atoms with E-state index >= 15 is 0 Å². The van der Waals surface area contributed by atoms with E-state index in [0.717, 1.165) is 21.8 Å². The molecule has 0 unspecified atom stereocenters. The van der Waals surface area contributed by atoms with Crippen LogP contribution in [0.5, 0.6) is 0 Å². The maximum atomic E-state index is 3.79. The van der Waals surface area contributed by atoms with Gasteiger partial charge in [0, 0.05) is 41.9 Å².